The van der Waals surface area contributed by atoms with Crippen LogP contribution in [-0.2, 0) is 4.31 Å². The Labute approximate surface area is 139 Å². The van der Waals surface area contributed by atoms with Gasteiger partial charge >= 0.3 is 0 Å². The Balaban J connectivity index is 3.02. The number of rotatable bonds is 4. The zero-order valence-corrected chi connectivity index (χ0v) is 17.4. The average Bonchev–Trinajstić information content (AvgIpc) is 2.31. The SMILES string of the molecule is CC(C)(C)P(Oc1ccccc1)OP(C(C)(C)C)C(C)(C)C. The highest BCUT2D eigenvalue weighted by molar-refractivity contribution is 7.66. The van der Waals surface area contributed by atoms with Crippen LogP contribution in [0.5, 0.6) is 5.75 Å². The minimum Gasteiger partial charge on any atom is -0.447 e. The van der Waals surface area contributed by atoms with Gasteiger partial charge in [-0.15, -0.1) is 0 Å². The summed E-state index contributed by atoms with van der Waals surface area (Å²) in [6, 6.07) is 10.0. The Kier molecular flexibility index (Phi) is 6.48. The molecule has 0 aromatic heterocycles. The summed E-state index contributed by atoms with van der Waals surface area (Å²) >= 11 is 0. The van der Waals surface area contributed by atoms with Crippen molar-refractivity contribution >= 4 is 16.5 Å². The number of para-hydroxylation sites is 1. The number of hydrogen-bond acceptors (Lipinski definition) is 2. The van der Waals surface area contributed by atoms with E-state index in [-0.39, 0.29) is 15.5 Å². The quantitative estimate of drug-likeness (QED) is 0.539. The van der Waals surface area contributed by atoms with Gasteiger partial charge in [-0.05, 0) is 12.1 Å². The lowest BCUT2D eigenvalue weighted by Crippen LogP contribution is -2.27. The lowest BCUT2D eigenvalue weighted by Gasteiger charge is -2.43. The fraction of sp³-hybridized carbons (Fsp3) is 0.667. The van der Waals surface area contributed by atoms with E-state index in [0.717, 1.165) is 5.75 Å². The lowest BCUT2D eigenvalue weighted by atomic mass is 10.2. The van der Waals surface area contributed by atoms with Crippen molar-refractivity contribution < 1.29 is 8.83 Å². The maximum Gasteiger partial charge on any atom is 0.239 e. The van der Waals surface area contributed by atoms with E-state index in [1.165, 1.54) is 0 Å². The van der Waals surface area contributed by atoms with Crippen molar-refractivity contribution in [3.8, 4) is 5.75 Å². The second kappa shape index (κ2) is 7.16. The molecular formula is C18H32O2P2. The van der Waals surface area contributed by atoms with Crippen LogP contribution in [0.15, 0.2) is 30.3 Å². The lowest BCUT2D eigenvalue weighted by molar-refractivity contribution is 0.455. The molecule has 126 valence electrons. The topological polar surface area (TPSA) is 18.5 Å². The summed E-state index contributed by atoms with van der Waals surface area (Å²) in [5.41, 5.74) is 0. The van der Waals surface area contributed by atoms with E-state index >= 15 is 0 Å². The second-order valence-corrected chi connectivity index (χ2v) is 14.5. The van der Waals surface area contributed by atoms with E-state index in [1.54, 1.807) is 0 Å². The highest BCUT2D eigenvalue weighted by atomic mass is 31.2. The third kappa shape index (κ3) is 6.15. The fourth-order valence-electron chi connectivity index (χ4n) is 2.18. The third-order valence-corrected chi connectivity index (χ3v) is 8.01. The van der Waals surface area contributed by atoms with Crippen LogP contribution in [0.4, 0.5) is 0 Å². The van der Waals surface area contributed by atoms with Gasteiger partial charge in [0.25, 0.3) is 0 Å². The molecule has 0 radical (unpaired) electrons. The molecule has 1 aromatic carbocycles. The summed E-state index contributed by atoms with van der Waals surface area (Å²) in [6.45, 7) is 20.2. The Bertz CT molecular complexity index is 439. The molecule has 22 heavy (non-hydrogen) atoms. The summed E-state index contributed by atoms with van der Waals surface area (Å²) in [6.07, 6.45) is 0. The Morgan fingerprint density at radius 1 is 0.682 bits per heavy atom. The van der Waals surface area contributed by atoms with E-state index in [4.69, 9.17) is 8.83 Å². The maximum absolute atomic E-state index is 6.66. The fourth-order valence-corrected chi connectivity index (χ4v) is 8.44. The first kappa shape index (κ1) is 19.9. The summed E-state index contributed by atoms with van der Waals surface area (Å²) < 4.78 is 12.9. The van der Waals surface area contributed by atoms with Gasteiger partial charge in [0.15, 0.2) is 0 Å². The monoisotopic (exact) mass is 342 g/mol. The van der Waals surface area contributed by atoms with Gasteiger partial charge in [0.05, 0.1) is 0 Å². The minimum absolute atomic E-state index is 0.0255. The molecule has 0 aliphatic rings. The van der Waals surface area contributed by atoms with Crippen LogP contribution in [-0.4, -0.2) is 15.5 Å². The van der Waals surface area contributed by atoms with Gasteiger partial charge in [-0.3, -0.25) is 0 Å². The molecular weight excluding hydrogens is 310 g/mol. The zero-order valence-electron chi connectivity index (χ0n) is 15.6. The minimum atomic E-state index is -1.02. The van der Waals surface area contributed by atoms with Crippen LogP contribution in [0, 0.1) is 0 Å². The largest absolute Gasteiger partial charge is 0.447 e. The molecule has 0 N–H and O–H groups in total. The van der Waals surface area contributed by atoms with Crippen molar-refractivity contribution in [2.45, 2.75) is 77.8 Å². The summed E-state index contributed by atoms with van der Waals surface area (Å²) in [5, 5.41) is 0.223. The number of hydrogen-bond donors (Lipinski definition) is 0. The van der Waals surface area contributed by atoms with E-state index in [0.29, 0.717) is 0 Å². The molecule has 2 nitrogen and oxygen atoms in total. The standard InChI is InChI=1S/C18H32O2P2/c1-16(2,3)21(17(4,5)6)20-22(18(7,8)9)19-15-13-11-10-12-14-15/h10-14H,1-9H3. The first-order chi connectivity index (χ1) is 9.82. The molecule has 4 heteroatoms. The first-order valence-corrected chi connectivity index (χ1v) is 10.3. The summed E-state index contributed by atoms with van der Waals surface area (Å²) in [7, 11) is -1.66. The molecule has 0 fully saturated rings. The molecule has 0 spiro atoms. The van der Waals surface area contributed by atoms with Crippen molar-refractivity contribution in [3.05, 3.63) is 30.3 Å². The molecule has 0 bridgehead atoms. The van der Waals surface area contributed by atoms with Crippen molar-refractivity contribution in [1.82, 2.24) is 0 Å². The second-order valence-electron chi connectivity index (χ2n) is 8.55. The highest BCUT2D eigenvalue weighted by Gasteiger charge is 2.42. The van der Waals surface area contributed by atoms with E-state index < -0.39 is 16.5 Å². The van der Waals surface area contributed by atoms with Crippen molar-refractivity contribution in [3.63, 3.8) is 0 Å². The smallest absolute Gasteiger partial charge is 0.239 e. The maximum atomic E-state index is 6.66. The first-order valence-electron chi connectivity index (χ1n) is 7.83. The molecule has 1 atom stereocenters. The van der Waals surface area contributed by atoms with Gasteiger partial charge in [-0.25, -0.2) is 0 Å². The van der Waals surface area contributed by atoms with Gasteiger partial charge in [0, 0.05) is 23.6 Å². The van der Waals surface area contributed by atoms with Crippen LogP contribution in [0.25, 0.3) is 0 Å². The van der Waals surface area contributed by atoms with E-state index in [1.807, 2.05) is 30.3 Å². The van der Waals surface area contributed by atoms with Crippen LogP contribution in [0.2, 0.25) is 0 Å². The summed E-state index contributed by atoms with van der Waals surface area (Å²) in [4.78, 5) is 0. The van der Waals surface area contributed by atoms with Crippen LogP contribution in [0.1, 0.15) is 62.3 Å². The highest BCUT2D eigenvalue weighted by Crippen LogP contribution is 2.69. The molecule has 0 saturated carbocycles. The van der Waals surface area contributed by atoms with Gasteiger partial charge in [-0.1, -0.05) is 80.5 Å². The van der Waals surface area contributed by atoms with Gasteiger partial charge in [-0.2, -0.15) is 0 Å². The Morgan fingerprint density at radius 2 is 1.14 bits per heavy atom. The molecule has 0 heterocycles. The molecule has 0 aliphatic heterocycles. The van der Waals surface area contributed by atoms with Gasteiger partial charge in [0.2, 0.25) is 8.38 Å². The van der Waals surface area contributed by atoms with Gasteiger partial charge in [0.1, 0.15) is 5.75 Å². The average molecular weight is 342 g/mol. The molecule has 1 unspecified atom stereocenters. The Hall–Kier alpha value is -0.160. The van der Waals surface area contributed by atoms with Gasteiger partial charge < -0.3 is 8.83 Å². The molecule has 0 aliphatic carbocycles. The predicted molar refractivity (Wildman–Crippen MR) is 101 cm³/mol. The van der Waals surface area contributed by atoms with E-state index in [2.05, 4.69) is 62.3 Å². The molecule has 0 saturated heterocycles. The predicted octanol–water partition coefficient (Wildman–Crippen LogP) is 7.19. The molecule has 0 amide bonds. The Morgan fingerprint density at radius 3 is 1.50 bits per heavy atom. The molecule has 1 rings (SSSR count). The van der Waals surface area contributed by atoms with Crippen molar-refractivity contribution in [2.75, 3.05) is 0 Å². The van der Waals surface area contributed by atoms with Crippen molar-refractivity contribution in [2.24, 2.45) is 0 Å². The number of benzene rings is 1. The normalized spacial score (nSPS) is 15.0. The van der Waals surface area contributed by atoms with Crippen LogP contribution < -0.4 is 4.52 Å². The molecule has 1 aromatic rings. The van der Waals surface area contributed by atoms with Crippen LogP contribution >= 0.6 is 16.5 Å². The van der Waals surface area contributed by atoms with E-state index in [9.17, 15) is 0 Å². The summed E-state index contributed by atoms with van der Waals surface area (Å²) in [5.74, 6) is 0.890. The third-order valence-electron chi connectivity index (χ3n) is 2.85. The van der Waals surface area contributed by atoms with Crippen LogP contribution in [0.3, 0.4) is 0 Å². The zero-order chi connectivity index (χ0) is 17.2. The van der Waals surface area contributed by atoms with Crippen molar-refractivity contribution in [1.29, 1.82) is 0 Å².